The molecule has 3 nitrogen and oxygen atoms in total. The molecule has 1 aromatic heterocycles. The third kappa shape index (κ3) is 2.86. The Hall–Kier alpha value is -0.910. The van der Waals surface area contributed by atoms with Crippen molar-refractivity contribution in [3.8, 4) is 0 Å². The van der Waals surface area contributed by atoms with E-state index in [0.29, 0.717) is 9.75 Å². The van der Waals surface area contributed by atoms with E-state index in [1.54, 1.807) is 0 Å². The first-order chi connectivity index (χ1) is 8.22. The van der Waals surface area contributed by atoms with Gasteiger partial charge in [0, 0.05) is 22.6 Å². The molecule has 90 valence electrons. The predicted molar refractivity (Wildman–Crippen MR) is 74.8 cm³/mol. The van der Waals surface area contributed by atoms with Gasteiger partial charge in [-0.2, -0.15) is 4.98 Å². The number of aromatic nitrogens is 2. The quantitative estimate of drug-likeness (QED) is 0.793. The molecule has 0 spiro atoms. The highest BCUT2D eigenvalue weighted by Gasteiger charge is 2.25. The topological polar surface area (TPSA) is 38.9 Å². The molecule has 0 saturated heterocycles. The van der Waals surface area contributed by atoms with E-state index < -0.39 is 0 Å². The van der Waals surface area contributed by atoms with Crippen molar-refractivity contribution in [2.24, 2.45) is 5.92 Å². The van der Waals surface area contributed by atoms with Crippen LogP contribution in [-0.2, 0) is 0 Å². The highest BCUT2D eigenvalue weighted by atomic mass is 127. The molecule has 0 aliphatic carbocycles. The van der Waals surface area contributed by atoms with Crippen LogP contribution in [0.2, 0.25) is 0 Å². The molecule has 4 heteroatoms. The van der Waals surface area contributed by atoms with E-state index in [9.17, 15) is 0 Å². The lowest BCUT2D eigenvalue weighted by molar-refractivity contribution is 0.329. The zero-order valence-corrected chi connectivity index (χ0v) is 12.1. The van der Waals surface area contributed by atoms with Gasteiger partial charge in [-0.3, -0.25) is 0 Å². The van der Waals surface area contributed by atoms with Crippen LogP contribution in [0.1, 0.15) is 37.6 Å². The molecule has 0 bridgehead atoms. The number of halogens is 1. The molecule has 2 aromatic rings. The van der Waals surface area contributed by atoms with E-state index in [1.807, 2.05) is 18.2 Å². The van der Waals surface area contributed by atoms with Crippen LogP contribution in [0.5, 0.6) is 0 Å². The SMILES string of the molecule is CCC(C)C(c1ccccc1)c1nc(I)no1. The average molecular weight is 342 g/mol. The van der Waals surface area contributed by atoms with Crippen molar-refractivity contribution in [3.05, 3.63) is 45.6 Å². The maximum Gasteiger partial charge on any atom is 0.235 e. The first kappa shape index (κ1) is 12.5. The van der Waals surface area contributed by atoms with Crippen LogP contribution in [0.25, 0.3) is 0 Å². The Bertz CT molecular complexity index is 469. The molecular formula is C13H15IN2O. The molecule has 0 aliphatic rings. The molecule has 2 atom stereocenters. The van der Waals surface area contributed by atoms with Crippen molar-refractivity contribution in [2.75, 3.05) is 0 Å². The summed E-state index contributed by atoms with van der Waals surface area (Å²) in [6, 6.07) is 10.4. The van der Waals surface area contributed by atoms with Crippen molar-refractivity contribution < 1.29 is 4.52 Å². The third-order valence-corrected chi connectivity index (χ3v) is 3.49. The van der Waals surface area contributed by atoms with Crippen molar-refractivity contribution in [1.29, 1.82) is 0 Å². The van der Waals surface area contributed by atoms with Gasteiger partial charge in [-0.1, -0.05) is 55.8 Å². The Kier molecular flexibility index (Phi) is 4.15. The summed E-state index contributed by atoms with van der Waals surface area (Å²) in [5.74, 6) is 1.39. The standard InChI is InChI=1S/C13H15IN2O/c1-3-9(2)11(10-7-5-4-6-8-10)12-15-13(14)16-17-12/h4-9,11H,3H2,1-2H3. The maximum atomic E-state index is 5.34. The van der Waals surface area contributed by atoms with Gasteiger partial charge in [0.25, 0.3) is 0 Å². The van der Waals surface area contributed by atoms with E-state index in [4.69, 9.17) is 4.52 Å². The molecule has 2 unspecified atom stereocenters. The second kappa shape index (κ2) is 5.62. The minimum Gasteiger partial charge on any atom is -0.338 e. The van der Waals surface area contributed by atoms with Crippen LogP contribution < -0.4 is 0 Å². The molecular weight excluding hydrogens is 327 g/mol. The fourth-order valence-electron chi connectivity index (χ4n) is 1.95. The van der Waals surface area contributed by atoms with Crippen LogP contribution in [-0.4, -0.2) is 10.1 Å². The molecule has 2 rings (SSSR count). The summed E-state index contributed by atoms with van der Waals surface area (Å²) in [4.78, 5) is 4.37. The summed E-state index contributed by atoms with van der Waals surface area (Å²) in [6.45, 7) is 4.40. The van der Waals surface area contributed by atoms with Gasteiger partial charge in [-0.25, -0.2) is 0 Å². The van der Waals surface area contributed by atoms with Crippen LogP contribution in [0.3, 0.4) is 0 Å². The van der Waals surface area contributed by atoms with E-state index in [1.165, 1.54) is 5.56 Å². The van der Waals surface area contributed by atoms with Gasteiger partial charge >= 0.3 is 0 Å². The fraction of sp³-hybridized carbons (Fsp3) is 0.385. The summed E-state index contributed by atoms with van der Waals surface area (Å²) < 4.78 is 6.00. The lowest BCUT2D eigenvalue weighted by atomic mass is 9.85. The smallest absolute Gasteiger partial charge is 0.235 e. The van der Waals surface area contributed by atoms with Crippen molar-refractivity contribution in [1.82, 2.24) is 10.1 Å². The molecule has 0 N–H and O–H groups in total. The minimum atomic E-state index is 0.192. The first-order valence-electron chi connectivity index (χ1n) is 5.76. The van der Waals surface area contributed by atoms with E-state index in [0.717, 1.165) is 12.3 Å². The highest BCUT2D eigenvalue weighted by molar-refractivity contribution is 14.1. The normalized spacial score (nSPS) is 14.5. The summed E-state index contributed by atoms with van der Waals surface area (Å²) in [7, 11) is 0. The molecule has 0 amide bonds. The maximum absolute atomic E-state index is 5.34. The zero-order chi connectivity index (χ0) is 12.3. The van der Waals surface area contributed by atoms with Gasteiger partial charge in [0.2, 0.25) is 9.72 Å². The van der Waals surface area contributed by atoms with Crippen molar-refractivity contribution >= 4 is 22.6 Å². The van der Waals surface area contributed by atoms with Crippen LogP contribution in [0.15, 0.2) is 34.9 Å². The van der Waals surface area contributed by atoms with Gasteiger partial charge < -0.3 is 4.52 Å². The van der Waals surface area contributed by atoms with Gasteiger partial charge in [-0.05, 0) is 11.5 Å². The number of hydrogen-bond acceptors (Lipinski definition) is 3. The summed E-state index contributed by atoms with van der Waals surface area (Å²) >= 11 is 2.07. The lowest BCUT2D eigenvalue weighted by Crippen LogP contribution is -2.11. The van der Waals surface area contributed by atoms with Gasteiger partial charge in [0.1, 0.15) is 0 Å². The van der Waals surface area contributed by atoms with Crippen LogP contribution in [0.4, 0.5) is 0 Å². The number of nitrogens with zero attached hydrogens (tertiary/aromatic N) is 2. The Morgan fingerprint density at radius 2 is 2.00 bits per heavy atom. The number of hydrogen-bond donors (Lipinski definition) is 0. The molecule has 1 heterocycles. The summed E-state index contributed by atoms with van der Waals surface area (Å²) in [6.07, 6.45) is 1.08. The first-order valence-corrected chi connectivity index (χ1v) is 6.84. The van der Waals surface area contributed by atoms with Crippen molar-refractivity contribution in [2.45, 2.75) is 26.2 Å². The van der Waals surface area contributed by atoms with Gasteiger partial charge in [0.05, 0.1) is 5.92 Å². The van der Waals surface area contributed by atoms with E-state index in [-0.39, 0.29) is 5.92 Å². The Balaban J connectivity index is 2.39. The summed E-state index contributed by atoms with van der Waals surface area (Å²) in [5.41, 5.74) is 1.24. The Morgan fingerprint density at radius 1 is 1.29 bits per heavy atom. The monoisotopic (exact) mass is 342 g/mol. The number of benzene rings is 1. The zero-order valence-electron chi connectivity index (χ0n) is 9.93. The molecule has 17 heavy (non-hydrogen) atoms. The fourth-order valence-corrected chi connectivity index (χ4v) is 2.29. The second-order valence-electron chi connectivity index (χ2n) is 4.18. The third-order valence-electron chi connectivity index (χ3n) is 3.05. The Morgan fingerprint density at radius 3 is 2.53 bits per heavy atom. The van der Waals surface area contributed by atoms with E-state index in [2.05, 4.69) is 58.7 Å². The molecule has 1 aromatic carbocycles. The largest absolute Gasteiger partial charge is 0.338 e. The number of rotatable bonds is 4. The van der Waals surface area contributed by atoms with Crippen molar-refractivity contribution in [3.63, 3.8) is 0 Å². The summed E-state index contributed by atoms with van der Waals surface area (Å²) in [5, 5.41) is 3.88. The molecule has 0 saturated carbocycles. The van der Waals surface area contributed by atoms with Gasteiger partial charge in [-0.15, -0.1) is 0 Å². The molecule has 0 fully saturated rings. The van der Waals surface area contributed by atoms with Crippen LogP contribution in [0, 0.1) is 9.75 Å². The van der Waals surface area contributed by atoms with E-state index >= 15 is 0 Å². The minimum absolute atomic E-state index is 0.192. The molecule has 0 aliphatic heterocycles. The highest BCUT2D eigenvalue weighted by Crippen LogP contribution is 2.32. The second-order valence-corrected chi connectivity index (χ2v) is 5.14. The lowest BCUT2D eigenvalue weighted by Gasteiger charge is -2.19. The predicted octanol–water partition coefficient (Wildman–Crippen LogP) is 3.85. The molecule has 0 radical (unpaired) electrons. The van der Waals surface area contributed by atoms with Crippen LogP contribution >= 0.6 is 22.6 Å². The average Bonchev–Trinajstić information content (AvgIpc) is 2.77. The van der Waals surface area contributed by atoms with Gasteiger partial charge in [0.15, 0.2) is 0 Å². The Labute approximate surface area is 115 Å².